The molecule has 0 unspecified atom stereocenters. The Hall–Kier alpha value is -0.950. The molecule has 6 heteroatoms. The minimum Gasteiger partial charge on any atom is -0.379 e. The van der Waals surface area contributed by atoms with Gasteiger partial charge in [0.05, 0.1) is 18.1 Å². The molecule has 0 bridgehead atoms. The summed E-state index contributed by atoms with van der Waals surface area (Å²) in [6.45, 7) is 13.9. The third-order valence-electron chi connectivity index (χ3n) is 4.59. The molecule has 136 valence electrons. The predicted octanol–water partition coefficient (Wildman–Crippen LogP) is 2.37. The van der Waals surface area contributed by atoms with Crippen LogP contribution in [-0.2, 0) is 20.2 Å². The predicted molar refractivity (Wildman–Crippen MR) is 96.8 cm³/mol. The minimum atomic E-state index is -3.50. The standard InChI is InChI=1S/C18H30N2O3S/c1-17(2,3)15-6-8-16(9-7-15)24(21,22)19-14-18(4,5)20-10-12-23-13-11-20/h6-9,19H,10-14H2,1-5H3. The zero-order chi connectivity index (χ0) is 18.0. The summed E-state index contributed by atoms with van der Waals surface area (Å²) in [5.74, 6) is 0. The monoisotopic (exact) mass is 354 g/mol. The highest BCUT2D eigenvalue weighted by atomic mass is 32.2. The molecule has 1 aliphatic heterocycles. The first-order chi connectivity index (χ1) is 11.0. The molecule has 1 heterocycles. The van der Waals surface area contributed by atoms with Crippen LogP contribution < -0.4 is 4.72 Å². The Morgan fingerprint density at radius 1 is 1.04 bits per heavy atom. The summed E-state index contributed by atoms with van der Waals surface area (Å²) in [5.41, 5.74) is 0.881. The largest absolute Gasteiger partial charge is 0.379 e. The van der Waals surface area contributed by atoms with E-state index in [1.807, 2.05) is 12.1 Å². The van der Waals surface area contributed by atoms with Crippen LogP contribution in [0.25, 0.3) is 0 Å². The van der Waals surface area contributed by atoms with E-state index in [-0.39, 0.29) is 11.0 Å². The summed E-state index contributed by atoms with van der Waals surface area (Å²) in [6, 6.07) is 7.15. The van der Waals surface area contributed by atoms with Crippen molar-refractivity contribution in [3.63, 3.8) is 0 Å². The minimum absolute atomic E-state index is 0.00798. The van der Waals surface area contributed by atoms with E-state index in [9.17, 15) is 8.42 Å². The second-order valence-corrected chi connectivity index (χ2v) is 9.78. The maximum absolute atomic E-state index is 12.6. The topological polar surface area (TPSA) is 58.6 Å². The van der Waals surface area contributed by atoms with Crippen molar-refractivity contribution in [3.05, 3.63) is 29.8 Å². The fourth-order valence-corrected chi connectivity index (χ4v) is 3.97. The first-order valence-corrected chi connectivity index (χ1v) is 9.94. The molecule has 2 rings (SSSR count). The number of sulfonamides is 1. The molecule has 1 fully saturated rings. The Bertz CT molecular complexity index is 640. The molecule has 1 aliphatic rings. The van der Waals surface area contributed by atoms with Crippen molar-refractivity contribution in [2.45, 2.75) is 50.5 Å². The van der Waals surface area contributed by atoms with Gasteiger partial charge in [-0.15, -0.1) is 0 Å². The third-order valence-corrected chi connectivity index (χ3v) is 6.01. The SMILES string of the molecule is CC(C)(C)c1ccc(S(=O)(=O)NCC(C)(C)N2CCOCC2)cc1. The van der Waals surface area contributed by atoms with Gasteiger partial charge in [0.25, 0.3) is 0 Å². The van der Waals surface area contributed by atoms with Crippen LogP contribution in [0.15, 0.2) is 29.2 Å². The number of rotatable bonds is 5. The van der Waals surface area contributed by atoms with Crippen LogP contribution in [-0.4, -0.2) is 51.7 Å². The van der Waals surface area contributed by atoms with Gasteiger partial charge in [-0.25, -0.2) is 13.1 Å². The van der Waals surface area contributed by atoms with Gasteiger partial charge in [0.15, 0.2) is 0 Å². The van der Waals surface area contributed by atoms with E-state index in [1.165, 1.54) is 0 Å². The molecule has 0 aliphatic carbocycles. The molecule has 0 atom stereocenters. The lowest BCUT2D eigenvalue weighted by atomic mass is 9.87. The molecule has 0 amide bonds. The molecular formula is C18H30N2O3S. The van der Waals surface area contributed by atoms with E-state index in [1.54, 1.807) is 12.1 Å². The Balaban J connectivity index is 2.05. The fourth-order valence-electron chi connectivity index (χ4n) is 2.77. The van der Waals surface area contributed by atoms with E-state index < -0.39 is 10.0 Å². The van der Waals surface area contributed by atoms with Crippen molar-refractivity contribution in [2.75, 3.05) is 32.8 Å². The first kappa shape index (κ1) is 19.4. The molecule has 1 N–H and O–H groups in total. The lowest BCUT2D eigenvalue weighted by molar-refractivity contribution is -0.00803. The van der Waals surface area contributed by atoms with Gasteiger partial charge in [0.2, 0.25) is 10.0 Å². The number of nitrogens with one attached hydrogen (secondary N) is 1. The molecule has 5 nitrogen and oxygen atoms in total. The number of hydrogen-bond donors (Lipinski definition) is 1. The quantitative estimate of drug-likeness (QED) is 0.882. The summed E-state index contributed by atoms with van der Waals surface area (Å²) < 4.78 is 33.3. The van der Waals surface area contributed by atoms with Crippen LogP contribution in [0.5, 0.6) is 0 Å². The van der Waals surface area contributed by atoms with Gasteiger partial charge >= 0.3 is 0 Å². The van der Waals surface area contributed by atoms with E-state index >= 15 is 0 Å². The summed E-state index contributed by atoms with van der Waals surface area (Å²) in [7, 11) is -3.50. The van der Waals surface area contributed by atoms with Crippen LogP contribution >= 0.6 is 0 Å². The smallest absolute Gasteiger partial charge is 0.240 e. The van der Waals surface area contributed by atoms with Gasteiger partial charge in [0, 0.05) is 25.2 Å². The Kier molecular flexibility index (Phi) is 5.75. The summed E-state index contributed by atoms with van der Waals surface area (Å²) in [6.07, 6.45) is 0. The van der Waals surface area contributed by atoms with E-state index in [0.29, 0.717) is 24.7 Å². The molecule has 0 aromatic heterocycles. The summed E-state index contributed by atoms with van der Waals surface area (Å²) in [4.78, 5) is 2.58. The zero-order valence-corrected chi connectivity index (χ0v) is 16.2. The molecule has 0 radical (unpaired) electrons. The molecule has 0 spiro atoms. The Morgan fingerprint density at radius 2 is 1.58 bits per heavy atom. The van der Waals surface area contributed by atoms with Crippen LogP contribution in [0.3, 0.4) is 0 Å². The average Bonchev–Trinajstić information content (AvgIpc) is 2.53. The Labute approximate surface area is 146 Å². The van der Waals surface area contributed by atoms with E-state index in [4.69, 9.17) is 4.74 Å². The van der Waals surface area contributed by atoms with Crippen LogP contribution in [0.2, 0.25) is 0 Å². The van der Waals surface area contributed by atoms with Gasteiger partial charge in [-0.2, -0.15) is 0 Å². The van der Waals surface area contributed by atoms with E-state index in [0.717, 1.165) is 18.7 Å². The van der Waals surface area contributed by atoms with Crippen molar-refractivity contribution >= 4 is 10.0 Å². The number of morpholine rings is 1. The second-order valence-electron chi connectivity index (χ2n) is 8.01. The van der Waals surface area contributed by atoms with Gasteiger partial charge in [-0.05, 0) is 37.0 Å². The van der Waals surface area contributed by atoms with Crippen LogP contribution in [0.1, 0.15) is 40.2 Å². The van der Waals surface area contributed by atoms with E-state index in [2.05, 4.69) is 44.2 Å². The molecule has 1 aromatic carbocycles. The summed E-state index contributed by atoms with van der Waals surface area (Å²) >= 11 is 0. The maximum atomic E-state index is 12.6. The second kappa shape index (κ2) is 7.12. The summed E-state index contributed by atoms with van der Waals surface area (Å²) in [5, 5.41) is 0. The van der Waals surface area contributed by atoms with Gasteiger partial charge in [-0.1, -0.05) is 32.9 Å². The number of hydrogen-bond acceptors (Lipinski definition) is 4. The highest BCUT2D eigenvalue weighted by molar-refractivity contribution is 7.89. The van der Waals surface area contributed by atoms with Crippen molar-refractivity contribution in [1.82, 2.24) is 9.62 Å². The van der Waals surface area contributed by atoms with Crippen LogP contribution in [0, 0.1) is 0 Å². The van der Waals surface area contributed by atoms with Crippen molar-refractivity contribution in [1.29, 1.82) is 0 Å². The fraction of sp³-hybridized carbons (Fsp3) is 0.667. The lowest BCUT2D eigenvalue weighted by Gasteiger charge is -2.40. The normalized spacial score (nSPS) is 17.9. The van der Waals surface area contributed by atoms with Crippen molar-refractivity contribution < 1.29 is 13.2 Å². The van der Waals surface area contributed by atoms with Gasteiger partial charge in [0.1, 0.15) is 0 Å². The molecule has 24 heavy (non-hydrogen) atoms. The van der Waals surface area contributed by atoms with Crippen LogP contribution in [0.4, 0.5) is 0 Å². The molecular weight excluding hydrogens is 324 g/mol. The Morgan fingerprint density at radius 3 is 2.08 bits per heavy atom. The van der Waals surface area contributed by atoms with Gasteiger partial charge in [-0.3, -0.25) is 4.90 Å². The first-order valence-electron chi connectivity index (χ1n) is 8.45. The lowest BCUT2D eigenvalue weighted by Crippen LogP contribution is -2.55. The third kappa shape index (κ3) is 4.79. The molecule has 0 saturated carbocycles. The average molecular weight is 355 g/mol. The zero-order valence-electron chi connectivity index (χ0n) is 15.4. The number of nitrogens with zero attached hydrogens (tertiary/aromatic N) is 1. The molecule has 1 saturated heterocycles. The number of benzene rings is 1. The highest BCUT2D eigenvalue weighted by Gasteiger charge is 2.30. The number of ether oxygens (including phenoxy) is 1. The highest BCUT2D eigenvalue weighted by Crippen LogP contribution is 2.23. The maximum Gasteiger partial charge on any atom is 0.240 e. The van der Waals surface area contributed by atoms with Crippen molar-refractivity contribution in [2.24, 2.45) is 0 Å². The molecule has 1 aromatic rings. The van der Waals surface area contributed by atoms with Crippen molar-refractivity contribution in [3.8, 4) is 0 Å². The van der Waals surface area contributed by atoms with Gasteiger partial charge < -0.3 is 4.74 Å².